The lowest BCUT2D eigenvalue weighted by atomic mass is 10.2. The van der Waals surface area contributed by atoms with E-state index in [2.05, 4.69) is 26.0 Å². The van der Waals surface area contributed by atoms with E-state index in [0.717, 1.165) is 35.3 Å². The molecule has 3 rings (SSSR count). The van der Waals surface area contributed by atoms with Crippen LogP contribution >= 0.6 is 15.9 Å². The maximum absolute atomic E-state index is 12.9. The highest BCUT2D eigenvalue weighted by atomic mass is 79.9. The molecule has 0 unspecified atom stereocenters. The van der Waals surface area contributed by atoms with E-state index >= 15 is 0 Å². The third-order valence-corrected chi connectivity index (χ3v) is 3.72. The summed E-state index contributed by atoms with van der Waals surface area (Å²) in [6, 6.07) is 1.87. The largest absolute Gasteiger partial charge is 0.351 e. The third-order valence-electron chi connectivity index (χ3n) is 3.16. The van der Waals surface area contributed by atoms with Gasteiger partial charge < -0.3 is 4.90 Å². The molecule has 0 amide bonds. The molecule has 0 spiro atoms. The zero-order valence-electron chi connectivity index (χ0n) is 9.18. The van der Waals surface area contributed by atoms with Gasteiger partial charge in [0.15, 0.2) is 5.65 Å². The summed E-state index contributed by atoms with van der Waals surface area (Å²) in [5, 5.41) is 4.14. The summed E-state index contributed by atoms with van der Waals surface area (Å²) in [5.41, 5.74) is 0.770. The van der Waals surface area contributed by atoms with E-state index in [1.165, 1.54) is 0 Å². The molecule has 4 nitrogen and oxygen atoms in total. The number of fused-ring (bicyclic) bond motifs is 1. The summed E-state index contributed by atoms with van der Waals surface area (Å²) in [5.74, 6) is 0.832. The minimum atomic E-state index is -0.312. The second kappa shape index (κ2) is 4.25. The summed E-state index contributed by atoms with van der Waals surface area (Å²) in [6.07, 6.45) is 5.50. The fourth-order valence-electron chi connectivity index (χ4n) is 2.29. The second-order valence-corrected chi connectivity index (χ2v) is 5.04. The van der Waals surface area contributed by atoms with Gasteiger partial charge in [-0.2, -0.15) is 5.10 Å². The number of aromatic nitrogens is 3. The standard InChI is InChI=1S/C11H12BrFN4/c12-9-7-14-17-5-3-10(15-11(9)17)16-4-1-2-8(16)6-13/h3,5,7-8H,1-2,4,6H2/t8-/m0/s1. The normalized spacial score (nSPS) is 20.4. The van der Waals surface area contributed by atoms with E-state index in [0.29, 0.717) is 0 Å². The molecule has 90 valence electrons. The Morgan fingerprint density at radius 1 is 1.53 bits per heavy atom. The van der Waals surface area contributed by atoms with Crippen LogP contribution in [0.1, 0.15) is 12.8 Å². The molecule has 0 aliphatic carbocycles. The van der Waals surface area contributed by atoms with Crippen molar-refractivity contribution in [2.75, 3.05) is 18.1 Å². The minimum absolute atomic E-state index is 0.0216. The summed E-state index contributed by atoms with van der Waals surface area (Å²) < 4.78 is 15.4. The number of hydrogen-bond acceptors (Lipinski definition) is 3. The molecule has 0 radical (unpaired) electrons. The first kappa shape index (κ1) is 11.0. The van der Waals surface area contributed by atoms with Gasteiger partial charge in [-0.15, -0.1) is 0 Å². The summed E-state index contributed by atoms with van der Waals surface area (Å²) in [6.45, 7) is 0.566. The predicted molar refractivity (Wildman–Crippen MR) is 67.0 cm³/mol. The molecule has 0 N–H and O–H groups in total. The van der Waals surface area contributed by atoms with Gasteiger partial charge in [0.2, 0.25) is 0 Å². The molecule has 2 aromatic rings. The monoisotopic (exact) mass is 298 g/mol. The number of alkyl halides is 1. The Morgan fingerprint density at radius 3 is 3.24 bits per heavy atom. The Labute approximate surface area is 107 Å². The first-order valence-electron chi connectivity index (χ1n) is 5.62. The Bertz CT molecular complexity index is 541. The van der Waals surface area contributed by atoms with Gasteiger partial charge in [0.25, 0.3) is 0 Å². The van der Waals surface area contributed by atoms with Crippen LogP contribution in [-0.2, 0) is 0 Å². The molecule has 2 aromatic heterocycles. The lowest BCUT2D eigenvalue weighted by Gasteiger charge is -2.23. The van der Waals surface area contributed by atoms with Crippen molar-refractivity contribution < 1.29 is 4.39 Å². The van der Waals surface area contributed by atoms with Crippen molar-refractivity contribution in [1.29, 1.82) is 0 Å². The van der Waals surface area contributed by atoms with Gasteiger partial charge in [0, 0.05) is 12.7 Å². The van der Waals surface area contributed by atoms with Crippen molar-refractivity contribution in [3.8, 4) is 0 Å². The molecule has 0 aromatic carbocycles. The van der Waals surface area contributed by atoms with Crippen LogP contribution in [0, 0.1) is 0 Å². The van der Waals surface area contributed by atoms with Gasteiger partial charge in [-0.25, -0.2) is 13.9 Å². The Hall–Kier alpha value is -1.17. The molecular weight excluding hydrogens is 287 g/mol. The predicted octanol–water partition coefficient (Wildman–Crippen LogP) is 2.43. The fourth-order valence-corrected chi connectivity index (χ4v) is 2.65. The highest BCUT2D eigenvalue weighted by Crippen LogP contribution is 2.25. The summed E-state index contributed by atoms with van der Waals surface area (Å²) >= 11 is 3.40. The van der Waals surface area contributed by atoms with Gasteiger partial charge >= 0.3 is 0 Å². The Balaban J connectivity index is 2.02. The van der Waals surface area contributed by atoms with Crippen LogP contribution in [0.3, 0.4) is 0 Å². The highest BCUT2D eigenvalue weighted by molar-refractivity contribution is 9.10. The van der Waals surface area contributed by atoms with Crippen molar-refractivity contribution in [2.24, 2.45) is 0 Å². The minimum Gasteiger partial charge on any atom is -0.351 e. The van der Waals surface area contributed by atoms with Crippen molar-refractivity contribution in [1.82, 2.24) is 14.6 Å². The van der Waals surface area contributed by atoms with Gasteiger partial charge in [-0.05, 0) is 34.8 Å². The lowest BCUT2D eigenvalue weighted by molar-refractivity contribution is 0.427. The van der Waals surface area contributed by atoms with E-state index < -0.39 is 0 Å². The molecule has 6 heteroatoms. The zero-order chi connectivity index (χ0) is 11.8. The molecule has 3 heterocycles. The van der Waals surface area contributed by atoms with Crippen LogP contribution < -0.4 is 4.90 Å². The molecule has 1 aliphatic heterocycles. The van der Waals surface area contributed by atoms with E-state index in [9.17, 15) is 4.39 Å². The average Bonchev–Trinajstić information content (AvgIpc) is 2.96. The molecular formula is C11H12BrFN4. The molecule has 0 saturated carbocycles. The van der Waals surface area contributed by atoms with Crippen molar-refractivity contribution in [3.05, 3.63) is 22.9 Å². The van der Waals surface area contributed by atoms with Gasteiger partial charge in [0.1, 0.15) is 12.5 Å². The number of nitrogens with zero attached hydrogens (tertiary/aromatic N) is 4. The molecule has 1 fully saturated rings. The van der Waals surface area contributed by atoms with E-state index in [4.69, 9.17) is 0 Å². The lowest BCUT2D eigenvalue weighted by Crippen LogP contribution is -2.31. The van der Waals surface area contributed by atoms with Crippen molar-refractivity contribution in [2.45, 2.75) is 18.9 Å². The molecule has 17 heavy (non-hydrogen) atoms. The smallest absolute Gasteiger partial charge is 0.171 e. The molecule has 0 bridgehead atoms. The number of hydrogen-bond donors (Lipinski definition) is 0. The quantitative estimate of drug-likeness (QED) is 0.854. The van der Waals surface area contributed by atoms with Crippen LogP contribution in [0.4, 0.5) is 10.2 Å². The van der Waals surface area contributed by atoms with Crippen LogP contribution in [0.5, 0.6) is 0 Å². The number of rotatable bonds is 2. The number of anilines is 1. The van der Waals surface area contributed by atoms with Gasteiger partial charge in [-0.1, -0.05) is 0 Å². The second-order valence-electron chi connectivity index (χ2n) is 4.19. The summed E-state index contributed by atoms with van der Waals surface area (Å²) in [7, 11) is 0. The van der Waals surface area contributed by atoms with Gasteiger partial charge in [-0.3, -0.25) is 0 Å². The Kier molecular flexibility index (Phi) is 2.74. The van der Waals surface area contributed by atoms with Crippen LogP contribution in [0.15, 0.2) is 22.9 Å². The first-order valence-corrected chi connectivity index (χ1v) is 6.41. The highest BCUT2D eigenvalue weighted by Gasteiger charge is 2.25. The van der Waals surface area contributed by atoms with Crippen LogP contribution in [0.25, 0.3) is 5.65 Å². The maximum Gasteiger partial charge on any atom is 0.171 e. The summed E-state index contributed by atoms with van der Waals surface area (Å²) in [4.78, 5) is 6.57. The van der Waals surface area contributed by atoms with E-state index in [-0.39, 0.29) is 12.7 Å². The van der Waals surface area contributed by atoms with E-state index in [1.807, 2.05) is 17.2 Å². The van der Waals surface area contributed by atoms with Gasteiger partial charge in [0.05, 0.1) is 16.7 Å². The van der Waals surface area contributed by atoms with Crippen LogP contribution in [-0.4, -0.2) is 33.9 Å². The molecule has 1 atom stereocenters. The molecule has 1 saturated heterocycles. The average molecular weight is 299 g/mol. The maximum atomic E-state index is 12.9. The first-order chi connectivity index (χ1) is 8.29. The Morgan fingerprint density at radius 2 is 2.41 bits per heavy atom. The fraction of sp³-hybridized carbons (Fsp3) is 0.455. The van der Waals surface area contributed by atoms with Crippen molar-refractivity contribution in [3.63, 3.8) is 0 Å². The van der Waals surface area contributed by atoms with E-state index in [1.54, 1.807) is 10.7 Å². The third kappa shape index (κ3) is 1.80. The van der Waals surface area contributed by atoms with Crippen molar-refractivity contribution >= 4 is 27.4 Å². The zero-order valence-corrected chi connectivity index (χ0v) is 10.8. The molecule has 1 aliphatic rings. The number of halogens is 2. The van der Waals surface area contributed by atoms with Crippen LogP contribution in [0.2, 0.25) is 0 Å². The topological polar surface area (TPSA) is 33.4 Å². The SMILES string of the molecule is FC[C@@H]1CCCN1c1ccn2ncc(Br)c2n1.